The molecule has 0 spiro atoms. The Labute approximate surface area is 109 Å². The van der Waals surface area contributed by atoms with Crippen LogP contribution >= 0.6 is 0 Å². The summed E-state index contributed by atoms with van der Waals surface area (Å²) in [5, 5.41) is 3.42. The molecule has 1 N–H and O–H groups in total. The van der Waals surface area contributed by atoms with Crippen molar-refractivity contribution in [3.05, 3.63) is 59.0 Å². The third-order valence-corrected chi connectivity index (χ3v) is 3.40. The molecule has 0 saturated carbocycles. The van der Waals surface area contributed by atoms with Crippen LogP contribution in [-0.2, 0) is 10.1 Å². The first kappa shape index (κ1) is 13.1. The van der Waals surface area contributed by atoms with Crippen LogP contribution in [0, 0.1) is 0 Å². The maximum Gasteiger partial charge on any atom is 0.295 e. The predicted molar refractivity (Wildman–Crippen MR) is 70.5 cm³/mol. The molecule has 0 aliphatic carbocycles. The zero-order valence-corrected chi connectivity index (χ0v) is 10.4. The minimum atomic E-state index is -4.35. The van der Waals surface area contributed by atoms with Crippen molar-refractivity contribution in [2.75, 3.05) is 0 Å². The van der Waals surface area contributed by atoms with Gasteiger partial charge in [0.15, 0.2) is 0 Å². The standard InChI is InChI=1S/C12H9N3O3S/c13-15-14-10-6-7-12(19(16,17)18)11(8-10)9-4-2-1-3-5-9/h1-8H,(H,16,17,18). The number of azide groups is 1. The quantitative estimate of drug-likeness (QED) is 0.401. The highest BCUT2D eigenvalue weighted by Crippen LogP contribution is 2.31. The number of nitrogens with zero attached hydrogens (tertiary/aromatic N) is 3. The van der Waals surface area contributed by atoms with Crippen molar-refractivity contribution in [3.8, 4) is 11.1 Å². The van der Waals surface area contributed by atoms with Crippen molar-refractivity contribution in [3.63, 3.8) is 0 Å². The van der Waals surface area contributed by atoms with Gasteiger partial charge in [-0.15, -0.1) is 0 Å². The van der Waals surface area contributed by atoms with Crippen molar-refractivity contribution >= 4 is 15.8 Å². The van der Waals surface area contributed by atoms with E-state index in [1.54, 1.807) is 30.3 Å². The Morgan fingerprint density at radius 3 is 2.37 bits per heavy atom. The van der Waals surface area contributed by atoms with Crippen molar-refractivity contribution in [1.82, 2.24) is 0 Å². The number of benzene rings is 2. The number of hydrogen-bond donors (Lipinski definition) is 1. The van der Waals surface area contributed by atoms with E-state index in [0.717, 1.165) is 0 Å². The first-order valence-corrected chi connectivity index (χ1v) is 6.68. The Morgan fingerprint density at radius 1 is 1.11 bits per heavy atom. The van der Waals surface area contributed by atoms with Crippen molar-refractivity contribution in [2.45, 2.75) is 4.90 Å². The van der Waals surface area contributed by atoms with Crippen LogP contribution in [0.5, 0.6) is 0 Å². The summed E-state index contributed by atoms with van der Waals surface area (Å²) in [5.41, 5.74) is 9.56. The summed E-state index contributed by atoms with van der Waals surface area (Å²) in [7, 11) is -4.35. The lowest BCUT2D eigenvalue weighted by Crippen LogP contribution is -2.00. The lowest BCUT2D eigenvalue weighted by Gasteiger charge is -2.08. The zero-order valence-electron chi connectivity index (χ0n) is 9.63. The molecule has 0 fully saturated rings. The third kappa shape index (κ3) is 2.92. The highest BCUT2D eigenvalue weighted by Gasteiger charge is 2.16. The van der Waals surface area contributed by atoms with Gasteiger partial charge < -0.3 is 0 Å². The molecule has 2 rings (SSSR count). The Kier molecular flexibility index (Phi) is 3.52. The van der Waals surface area contributed by atoms with E-state index >= 15 is 0 Å². The van der Waals surface area contributed by atoms with Gasteiger partial charge in [-0.3, -0.25) is 4.55 Å². The zero-order chi connectivity index (χ0) is 13.9. The maximum absolute atomic E-state index is 11.3. The van der Waals surface area contributed by atoms with Crippen LogP contribution in [0.4, 0.5) is 5.69 Å². The average molecular weight is 275 g/mol. The SMILES string of the molecule is [N-]=[N+]=Nc1ccc(S(=O)(=O)O)c(-c2ccccc2)c1. The van der Waals surface area contributed by atoms with Crippen molar-refractivity contribution < 1.29 is 13.0 Å². The Morgan fingerprint density at radius 2 is 1.79 bits per heavy atom. The lowest BCUT2D eigenvalue weighted by atomic mass is 10.1. The average Bonchev–Trinajstić information content (AvgIpc) is 2.39. The lowest BCUT2D eigenvalue weighted by molar-refractivity contribution is 0.483. The van der Waals surface area contributed by atoms with Crippen LogP contribution in [0.1, 0.15) is 0 Å². The van der Waals surface area contributed by atoms with Gasteiger partial charge in [0.1, 0.15) is 4.90 Å². The first-order valence-electron chi connectivity index (χ1n) is 5.24. The predicted octanol–water partition coefficient (Wildman–Crippen LogP) is 3.54. The van der Waals surface area contributed by atoms with E-state index in [4.69, 9.17) is 5.53 Å². The van der Waals surface area contributed by atoms with E-state index in [9.17, 15) is 13.0 Å². The second kappa shape index (κ2) is 5.11. The molecule has 2 aromatic carbocycles. The van der Waals surface area contributed by atoms with Gasteiger partial charge in [0.05, 0.1) is 0 Å². The molecule has 0 bridgehead atoms. The fraction of sp³-hybridized carbons (Fsp3) is 0. The van der Waals surface area contributed by atoms with Gasteiger partial charge in [-0.25, -0.2) is 0 Å². The Bertz CT molecular complexity index is 751. The van der Waals surface area contributed by atoms with E-state index in [1.807, 2.05) is 0 Å². The molecule has 6 nitrogen and oxygen atoms in total. The van der Waals surface area contributed by atoms with Gasteiger partial charge >= 0.3 is 0 Å². The molecule has 0 aromatic heterocycles. The van der Waals surface area contributed by atoms with Gasteiger partial charge in [-0.2, -0.15) is 8.42 Å². The fourth-order valence-corrected chi connectivity index (χ4v) is 2.39. The minimum Gasteiger partial charge on any atom is -0.282 e. The monoisotopic (exact) mass is 275 g/mol. The summed E-state index contributed by atoms with van der Waals surface area (Å²) in [4.78, 5) is 2.42. The first-order chi connectivity index (χ1) is 9.02. The molecule has 0 amide bonds. The van der Waals surface area contributed by atoms with Crippen LogP contribution in [0.3, 0.4) is 0 Å². The fourth-order valence-electron chi connectivity index (χ4n) is 1.70. The van der Waals surface area contributed by atoms with Crippen molar-refractivity contribution in [2.24, 2.45) is 5.11 Å². The molecule has 0 aliphatic rings. The van der Waals surface area contributed by atoms with Crippen LogP contribution in [0.2, 0.25) is 0 Å². The summed E-state index contributed by atoms with van der Waals surface area (Å²) in [6.45, 7) is 0. The second-order valence-corrected chi connectivity index (χ2v) is 5.10. The summed E-state index contributed by atoms with van der Waals surface area (Å²) < 4.78 is 31.9. The second-order valence-electron chi connectivity index (χ2n) is 3.71. The van der Waals surface area contributed by atoms with Gasteiger partial charge in [0.2, 0.25) is 0 Å². The highest BCUT2D eigenvalue weighted by atomic mass is 32.2. The van der Waals surface area contributed by atoms with Crippen LogP contribution in [0.25, 0.3) is 21.6 Å². The third-order valence-electron chi connectivity index (χ3n) is 2.49. The molecule has 96 valence electrons. The van der Waals surface area contributed by atoms with E-state index in [-0.39, 0.29) is 16.1 Å². The molecule has 0 radical (unpaired) electrons. The summed E-state index contributed by atoms with van der Waals surface area (Å²) in [5.74, 6) is 0. The summed E-state index contributed by atoms with van der Waals surface area (Å²) in [6, 6.07) is 12.6. The molecule has 0 unspecified atom stereocenters. The van der Waals surface area contributed by atoms with Crippen LogP contribution in [0.15, 0.2) is 58.5 Å². The van der Waals surface area contributed by atoms with E-state index in [1.165, 1.54) is 18.2 Å². The van der Waals surface area contributed by atoms with Crippen LogP contribution in [-0.4, -0.2) is 13.0 Å². The Hall–Kier alpha value is -2.34. The molecule has 19 heavy (non-hydrogen) atoms. The summed E-state index contributed by atoms with van der Waals surface area (Å²) in [6.07, 6.45) is 0. The largest absolute Gasteiger partial charge is 0.295 e. The van der Waals surface area contributed by atoms with Gasteiger partial charge in [-0.1, -0.05) is 41.5 Å². The molecular weight excluding hydrogens is 266 g/mol. The van der Waals surface area contributed by atoms with Gasteiger partial charge in [0, 0.05) is 16.2 Å². The number of hydrogen-bond acceptors (Lipinski definition) is 3. The van der Waals surface area contributed by atoms with E-state index < -0.39 is 10.1 Å². The molecule has 0 atom stereocenters. The van der Waals surface area contributed by atoms with Gasteiger partial charge in [-0.05, 0) is 23.2 Å². The smallest absolute Gasteiger partial charge is 0.282 e. The Balaban J connectivity index is 2.74. The van der Waals surface area contributed by atoms with E-state index in [2.05, 4.69) is 10.0 Å². The normalized spacial score (nSPS) is 10.8. The highest BCUT2D eigenvalue weighted by molar-refractivity contribution is 7.86. The molecular formula is C12H9N3O3S. The summed E-state index contributed by atoms with van der Waals surface area (Å²) >= 11 is 0. The molecule has 0 saturated heterocycles. The number of rotatable bonds is 3. The minimum absolute atomic E-state index is 0.226. The maximum atomic E-state index is 11.3. The van der Waals surface area contributed by atoms with E-state index in [0.29, 0.717) is 5.56 Å². The molecule has 2 aromatic rings. The molecule has 0 aliphatic heterocycles. The van der Waals surface area contributed by atoms with Crippen LogP contribution < -0.4 is 0 Å². The van der Waals surface area contributed by atoms with Gasteiger partial charge in [0.25, 0.3) is 10.1 Å². The molecule has 0 heterocycles. The topological polar surface area (TPSA) is 103 Å². The van der Waals surface area contributed by atoms with Crippen molar-refractivity contribution in [1.29, 1.82) is 0 Å². The molecule has 7 heteroatoms.